The Morgan fingerprint density at radius 2 is 1.75 bits per heavy atom. The van der Waals surface area contributed by atoms with Crippen molar-refractivity contribution in [3.05, 3.63) is 41.0 Å². The molecule has 16 heavy (non-hydrogen) atoms. The molecule has 0 saturated carbocycles. The largest absolute Gasteiger partial charge is 0.481 e. The van der Waals surface area contributed by atoms with E-state index in [-0.39, 0.29) is 6.42 Å². The number of aldehydes is 2. The molecule has 4 nitrogen and oxygen atoms in total. The van der Waals surface area contributed by atoms with Gasteiger partial charge in [-0.25, -0.2) is 0 Å². The molecule has 0 aliphatic heterocycles. The second-order valence-electron chi connectivity index (χ2n) is 3.09. The Morgan fingerprint density at radius 3 is 2.19 bits per heavy atom. The standard InChI is InChI=1S/C12H10O4/c13-7-9-3-1-4-10(8-14)11(9)5-2-6-12(15)16/h1-5,7-8H,6H2,(H,15,16). The minimum atomic E-state index is -0.965. The van der Waals surface area contributed by atoms with Gasteiger partial charge in [0, 0.05) is 11.1 Å². The smallest absolute Gasteiger partial charge is 0.307 e. The summed E-state index contributed by atoms with van der Waals surface area (Å²) >= 11 is 0. The van der Waals surface area contributed by atoms with Crippen molar-refractivity contribution in [2.45, 2.75) is 6.42 Å². The monoisotopic (exact) mass is 218 g/mol. The van der Waals surface area contributed by atoms with Crippen LogP contribution in [0, 0.1) is 0 Å². The van der Waals surface area contributed by atoms with E-state index < -0.39 is 5.97 Å². The molecule has 0 saturated heterocycles. The molecule has 0 bridgehead atoms. The summed E-state index contributed by atoms with van der Waals surface area (Å²) in [5.41, 5.74) is 1.19. The van der Waals surface area contributed by atoms with E-state index in [1.54, 1.807) is 18.2 Å². The molecule has 0 spiro atoms. The van der Waals surface area contributed by atoms with Crippen molar-refractivity contribution in [3.63, 3.8) is 0 Å². The highest BCUT2D eigenvalue weighted by atomic mass is 16.4. The molecule has 0 aromatic heterocycles. The van der Waals surface area contributed by atoms with Gasteiger partial charge in [0.05, 0.1) is 6.42 Å². The maximum atomic E-state index is 10.7. The first-order valence-electron chi connectivity index (χ1n) is 4.60. The highest BCUT2D eigenvalue weighted by Crippen LogP contribution is 2.14. The molecule has 0 aliphatic carbocycles. The average Bonchev–Trinajstić information content (AvgIpc) is 2.28. The van der Waals surface area contributed by atoms with Gasteiger partial charge in [-0.3, -0.25) is 14.4 Å². The van der Waals surface area contributed by atoms with Gasteiger partial charge in [-0.05, 0) is 5.56 Å². The van der Waals surface area contributed by atoms with Crippen LogP contribution in [0.1, 0.15) is 32.7 Å². The fourth-order valence-electron chi connectivity index (χ4n) is 1.28. The maximum Gasteiger partial charge on any atom is 0.307 e. The van der Waals surface area contributed by atoms with E-state index in [1.807, 2.05) is 0 Å². The van der Waals surface area contributed by atoms with Crippen LogP contribution in [-0.4, -0.2) is 23.6 Å². The van der Waals surface area contributed by atoms with Gasteiger partial charge in [-0.2, -0.15) is 0 Å². The van der Waals surface area contributed by atoms with Crippen LogP contribution >= 0.6 is 0 Å². The molecular weight excluding hydrogens is 208 g/mol. The summed E-state index contributed by atoms with van der Waals surface area (Å²) in [6.45, 7) is 0. The Labute approximate surface area is 92.2 Å². The number of hydrogen-bond acceptors (Lipinski definition) is 3. The van der Waals surface area contributed by atoms with Crippen LogP contribution in [0.3, 0.4) is 0 Å². The summed E-state index contributed by atoms with van der Waals surface area (Å²) < 4.78 is 0. The summed E-state index contributed by atoms with van der Waals surface area (Å²) in [6, 6.07) is 4.74. The number of aliphatic carboxylic acids is 1. The molecule has 1 rings (SSSR count). The fourth-order valence-corrected chi connectivity index (χ4v) is 1.28. The van der Waals surface area contributed by atoms with Crippen LogP contribution < -0.4 is 0 Å². The predicted octanol–water partition coefficient (Wildman–Crippen LogP) is 1.80. The Balaban J connectivity index is 3.08. The number of carbonyl (C=O) groups is 3. The highest BCUT2D eigenvalue weighted by molar-refractivity contribution is 5.91. The second-order valence-corrected chi connectivity index (χ2v) is 3.09. The van der Waals surface area contributed by atoms with E-state index >= 15 is 0 Å². The predicted molar refractivity (Wildman–Crippen MR) is 58.5 cm³/mol. The van der Waals surface area contributed by atoms with Crippen LogP contribution in [0.4, 0.5) is 0 Å². The quantitative estimate of drug-likeness (QED) is 0.765. The van der Waals surface area contributed by atoms with Crippen LogP contribution in [0.25, 0.3) is 6.08 Å². The molecule has 0 radical (unpaired) electrons. The van der Waals surface area contributed by atoms with Gasteiger partial charge in [0.2, 0.25) is 0 Å². The first-order valence-corrected chi connectivity index (χ1v) is 4.60. The number of benzene rings is 1. The summed E-state index contributed by atoms with van der Waals surface area (Å²) in [7, 11) is 0. The summed E-state index contributed by atoms with van der Waals surface area (Å²) in [5, 5.41) is 8.45. The van der Waals surface area contributed by atoms with Crippen molar-refractivity contribution < 1.29 is 19.5 Å². The lowest BCUT2D eigenvalue weighted by Gasteiger charge is -2.01. The van der Waals surface area contributed by atoms with Crippen LogP contribution in [0.5, 0.6) is 0 Å². The number of carboxylic acids is 1. The van der Waals surface area contributed by atoms with Gasteiger partial charge in [0.15, 0.2) is 12.6 Å². The van der Waals surface area contributed by atoms with Crippen molar-refractivity contribution in [1.29, 1.82) is 0 Å². The Kier molecular flexibility index (Phi) is 4.15. The molecule has 0 aliphatic rings. The zero-order chi connectivity index (χ0) is 12.0. The van der Waals surface area contributed by atoms with Crippen LogP contribution in [0.2, 0.25) is 0 Å². The van der Waals surface area contributed by atoms with E-state index in [4.69, 9.17) is 5.11 Å². The third-order valence-electron chi connectivity index (χ3n) is 2.00. The van der Waals surface area contributed by atoms with Gasteiger partial charge in [-0.15, -0.1) is 0 Å². The molecule has 82 valence electrons. The lowest BCUT2D eigenvalue weighted by Crippen LogP contribution is -1.94. The number of carboxylic acid groups (broad SMARTS) is 1. The molecule has 0 atom stereocenters. The zero-order valence-electron chi connectivity index (χ0n) is 8.42. The Morgan fingerprint density at radius 1 is 1.19 bits per heavy atom. The molecule has 0 fully saturated rings. The van der Waals surface area contributed by atoms with E-state index in [9.17, 15) is 14.4 Å². The zero-order valence-corrected chi connectivity index (χ0v) is 8.42. The topological polar surface area (TPSA) is 71.4 Å². The van der Waals surface area contributed by atoms with Gasteiger partial charge >= 0.3 is 5.97 Å². The number of rotatable bonds is 5. The lowest BCUT2D eigenvalue weighted by atomic mass is 10.0. The SMILES string of the molecule is O=Cc1cccc(C=O)c1C=CCC(=O)O. The highest BCUT2D eigenvalue weighted by Gasteiger charge is 2.03. The van der Waals surface area contributed by atoms with E-state index in [1.165, 1.54) is 12.2 Å². The molecule has 0 unspecified atom stereocenters. The van der Waals surface area contributed by atoms with Crippen molar-refractivity contribution in [2.75, 3.05) is 0 Å². The van der Waals surface area contributed by atoms with Gasteiger partial charge in [-0.1, -0.05) is 30.4 Å². The molecule has 1 aromatic carbocycles. The lowest BCUT2D eigenvalue weighted by molar-refractivity contribution is -0.135. The molecule has 0 heterocycles. The van der Waals surface area contributed by atoms with Crippen molar-refractivity contribution in [3.8, 4) is 0 Å². The molecule has 4 heteroatoms. The molecule has 1 aromatic rings. The fraction of sp³-hybridized carbons (Fsp3) is 0.0833. The van der Waals surface area contributed by atoms with Gasteiger partial charge < -0.3 is 5.11 Å². The molecule has 0 amide bonds. The normalized spacial score (nSPS) is 10.2. The third-order valence-corrected chi connectivity index (χ3v) is 2.00. The van der Waals surface area contributed by atoms with Gasteiger partial charge in [0.25, 0.3) is 0 Å². The maximum absolute atomic E-state index is 10.7. The first kappa shape index (κ1) is 11.8. The van der Waals surface area contributed by atoms with E-state index in [0.29, 0.717) is 29.3 Å². The minimum Gasteiger partial charge on any atom is -0.481 e. The summed E-state index contributed by atoms with van der Waals surface area (Å²) in [5.74, 6) is -0.965. The van der Waals surface area contributed by atoms with Crippen molar-refractivity contribution in [2.24, 2.45) is 0 Å². The number of hydrogen-bond donors (Lipinski definition) is 1. The second kappa shape index (κ2) is 5.60. The van der Waals surface area contributed by atoms with Crippen molar-refractivity contribution in [1.82, 2.24) is 0 Å². The van der Waals surface area contributed by atoms with Crippen LogP contribution in [0.15, 0.2) is 24.3 Å². The van der Waals surface area contributed by atoms with E-state index in [2.05, 4.69) is 0 Å². The third kappa shape index (κ3) is 2.88. The first-order chi connectivity index (χ1) is 7.69. The van der Waals surface area contributed by atoms with E-state index in [0.717, 1.165) is 0 Å². The number of carbonyl (C=O) groups excluding carboxylic acids is 2. The molecular formula is C12H10O4. The molecule has 1 N–H and O–H groups in total. The Bertz CT molecular complexity index is 420. The van der Waals surface area contributed by atoms with Crippen molar-refractivity contribution >= 4 is 24.6 Å². The summed E-state index contributed by atoms with van der Waals surface area (Å²) in [6.07, 6.45) is 3.99. The minimum absolute atomic E-state index is 0.147. The van der Waals surface area contributed by atoms with Gasteiger partial charge in [0.1, 0.15) is 0 Å². The average molecular weight is 218 g/mol. The summed E-state index contributed by atoms with van der Waals surface area (Å²) in [4.78, 5) is 31.8. The Hall–Kier alpha value is -2.23. The van der Waals surface area contributed by atoms with Crippen LogP contribution in [-0.2, 0) is 4.79 Å².